The van der Waals surface area contributed by atoms with E-state index in [0.717, 1.165) is 22.9 Å². The summed E-state index contributed by atoms with van der Waals surface area (Å²) in [6.45, 7) is 7.03. The number of hydrogen-bond acceptors (Lipinski definition) is 10. The van der Waals surface area contributed by atoms with Crippen LogP contribution in [0.5, 0.6) is 5.88 Å². The fraction of sp³-hybridized carbons (Fsp3) is 0.409. The molecule has 12 heteroatoms. The molecule has 1 aliphatic heterocycles. The largest absolute Gasteiger partial charge is 0.451 e. The second-order valence-corrected chi connectivity index (χ2v) is 9.23. The molecular formula is C22H25N10OS+. The highest BCUT2D eigenvalue weighted by Gasteiger charge is 2.25. The number of aromatic amines is 1. The van der Waals surface area contributed by atoms with Crippen LogP contribution in [0.4, 0.5) is 0 Å². The van der Waals surface area contributed by atoms with E-state index >= 15 is 0 Å². The van der Waals surface area contributed by atoms with E-state index in [1.807, 2.05) is 26.8 Å². The number of nitrogens with zero attached hydrogens (tertiary/aromatic N) is 8. The zero-order chi connectivity index (χ0) is 24.2. The van der Waals surface area contributed by atoms with E-state index in [4.69, 9.17) is 20.8 Å². The Bertz CT molecular complexity index is 1330. The van der Waals surface area contributed by atoms with Gasteiger partial charge in [-0.1, -0.05) is 11.3 Å². The number of ether oxygens (including phenoxy) is 1. The molecule has 11 nitrogen and oxygen atoms in total. The summed E-state index contributed by atoms with van der Waals surface area (Å²) in [5, 5.41) is 32.5. The van der Waals surface area contributed by atoms with E-state index in [9.17, 15) is 5.26 Å². The quantitative estimate of drug-likeness (QED) is 0.181. The van der Waals surface area contributed by atoms with Crippen molar-refractivity contribution in [2.24, 2.45) is 15.9 Å². The topological polar surface area (TPSA) is 156 Å². The number of hydrazone groups is 1. The summed E-state index contributed by atoms with van der Waals surface area (Å²) in [4.78, 5) is 9.69. The second-order valence-electron chi connectivity index (χ2n) is 8.02. The molecule has 0 aromatic carbocycles. The molecule has 0 radical (unpaired) electrons. The molecule has 1 unspecified atom stereocenters. The first-order valence-electron chi connectivity index (χ1n) is 10.8. The number of aliphatic imine (C=N–C) groups is 1. The van der Waals surface area contributed by atoms with Crippen molar-refractivity contribution in [3.63, 3.8) is 0 Å². The third kappa shape index (κ3) is 4.67. The molecule has 0 aliphatic carbocycles. The van der Waals surface area contributed by atoms with Crippen LogP contribution >= 0.6 is 11.3 Å². The third-order valence-corrected chi connectivity index (χ3v) is 6.66. The Hall–Kier alpha value is -4.03. The lowest BCUT2D eigenvalue weighted by Crippen LogP contribution is -2.33. The number of H-pyrrole nitrogens is 1. The molecule has 4 rings (SSSR count). The van der Waals surface area contributed by atoms with Crippen molar-refractivity contribution in [1.82, 2.24) is 20.1 Å². The highest BCUT2D eigenvalue weighted by Crippen LogP contribution is 2.24. The first-order valence-corrected chi connectivity index (χ1v) is 11.7. The van der Waals surface area contributed by atoms with Crippen LogP contribution in [-0.2, 0) is 0 Å². The van der Waals surface area contributed by atoms with E-state index in [0.29, 0.717) is 47.3 Å². The number of aryl methyl sites for hydroxylation is 1. The first-order chi connectivity index (χ1) is 16.4. The first kappa shape index (κ1) is 23.1. The number of imidazole rings is 1. The SMILES string of the molecule is CC(=NC1CCN(C#N)CC1)/C(=N\N)c1cc(OC(C)c2nnc(C)s2)[n+]2c(C#N)c[nH]c2c1. The summed E-state index contributed by atoms with van der Waals surface area (Å²) in [5.41, 5.74) is 3.00. The van der Waals surface area contributed by atoms with Gasteiger partial charge in [0.1, 0.15) is 23.0 Å². The molecule has 0 amide bonds. The van der Waals surface area contributed by atoms with Crippen molar-refractivity contribution in [2.45, 2.75) is 45.8 Å². The van der Waals surface area contributed by atoms with E-state index in [2.05, 4.69) is 32.5 Å². The molecule has 3 aromatic heterocycles. The van der Waals surface area contributed by atoms with Gasteiger partial charge < -0.3 is 15.5 Å². The molecular weight excluding hydrogens is 452 g/mol. The third-order valence-electron chi connectivity index (χ3n) is 5.66. The summed E-state index contributed by atoms with van der Waals surface area (Å²) in [6.07, 6.45) is 5.03. The summed E-state index contributed by atoms with van der Waals surface area (Å²) < 4.78 is 7.95. The summed E-state index contributed by atoms with van der Waals surface area (Å²) in [6, 6.07) is 5.94. The summed E-state index contributed by atoms with van der Waals surface area (Å²) in [5.74, 6) is 6.25. The minimum atomic E-state index is -0.378. The maximum Gasteiger partial charge on any atom is 0.291 e. The average molecular weight is 478 g/mol. The molecule has 4 heterocycles. The van der Waals surface area contributed by atoms with E-state index in [1.165, 1.54) is 11.3 Å². The number of aromatic nitrogens is 4. The molecule has 3 N–H and O–H groups in total. The van der Waals surface area contributed by atoms with Crippen LogP contribution in [-0.4, -0.2) is 50.6 Å². The minimum absolute atomic E-state index is 0.103. The van der Waals surface area contributed by atoms with Gasteiger partial charge in [-0.3, -0.25) is 4.99 Å². The van der Waals surface area contributed by atoms with Gasteiger partial charge in [0.05, 0.1) is 11.8 Å². The normalized spacial score (nSPS) is 16.3. The highest BCUT2D eigenvalue weighted by molar-refractivity contribution is 7.11. The fourth-order valence-corrected chi connectivity index (χ4v) is 4.63. The van der Waals surface area contributed by atoms with Gasteiger partial charge in [0.2, 0.25) is 0 Å². The van der Waals surface area contributed by atoms with E-state index < -0.39 is 0 Å². The van der Waals surface area contributed by atoms with Crippen molar-refractivity contribution in [1.29, 1.82) is 10.5 Å². The maximum atomic E-state index is 9.58. The number of pyridine rings is 1. The van der Waals surface area contributed by atoms with Crippen LogP contribution < -0.4 is 15.0 Å². The zero-order valence-electron chi connectivity index (χ0n) is 19.2. The van der Waals surface area contributed by atoms with Gasteiger partial charge in [-0.05, 0) is 33.6 Å². The predicted octanol–water partition coefficient (Wildman–Crippen LogP) is 1.99. The molecule has 1 atom stereocenters. The molecule has 1 aliphatic rings. The molecule has 174 valence electrons. The van der Waals surface area contributed by atoms with Crippen molar-refractivity contribution in [3.05, 3.63) is 39.6 Å². The molecule has 1 fully saturated rings. The highest BCUT2D eigenvalue weighted by atomic mass is 32.1. The average Bonchev–Trinajstić information content (AvgIpc) is 3.46. The van der Waals surface area contributed by atoms with Crippen LogP contribution in [0.1, 0.15) is 54.1 Å². The molecule has 0 saturated carbocycles. The zero-order valence-corrected chi connectivity index (χ0v) is 20.0. The predicted molar refractivity (Wildman–Crippen MR) is 126 cm³/mol. The lowest BCUT2D eigenvalue weighted by Gasteiger charge is -2.26. The van der Waals surface area contributed by atoms with Gasteiger partial charge in [0.15, 0.2) is 17.3 Å². The van der Waals surface area contributed by atoms with Gasteiger partial charge in [-0.2, -0.15) is 15.6 Å². The van der Waals surface area contributed by atoms with Crippen LogP contribution in [0.15, 0.2) is 28.4 Å². The Balaban J connectivity index is 1.68. The van der Waals surface area contributed by atoms with Gasteiger partial charge in [-0.25, -0.2) is 4.98 Å². The number of nitrogens with one attached hydrogen (secondary N) is 1. The van der Waals surface area contributed by atoms with Crippen molar-refractivity contribution in [2.75, 3.05) is 13.1 Å². The van der Waals surface area contributed by atoms with E-state index in [-0.39, 0.29) is 12.1 Å². The Labute approximate surface area is 200 Å². The standard InChI is InChI=1S/C22H24N10OS/c1-13(27-17-4-6-31(12-24)7-5-17)21(28-25)16-8-19-26-11-18(10-23)32(19)20(9-16)33-14(2)22-30-29-15(3)34-22/h8-9,11,14,17H,4-7H2,1-3H3,(H2,25,26,27)/p+1. The molecule has 3 aromatic rings. The number of piperidine rings is 1. The number of likely N-dealkylation sites (tertiary alicyclic amines) is 1. The monoisotopic (exact) mass is 477 g/mol. The van der Waals surface area contributed by atoms with Crippen molar-refractivity contribution in [3.8, 4) is 18.1 Å². The van der Waals surface area contributed by atoms with Crippen LogP contribution in [0.25, 0.3) is 5.65 Å². The number of nitriles is 2. The van der Waals surface area contributed by atoms with Gasteiger partial charge >= 0.3 is 0 Å². The lowest BCUT2D eigenvalue weighted by atomic mass is 10.0. The van der Waals surface area contributed by atoms with Gasteiger partial charge in [0.25, 0.3) is 17.2 Å². The number of fused-ring (bicyclic) bond motifs is 1. The minimum Gasteiger partial charge on any atom is -0.451 e. The molecule has 0 spiro atoms. The summed E-state index contributed by atoms with van der Waals surface area (Å²) >= 11 is 1.46. The molecule has 0 bridgehead atoms. The van der Waals surface area contributed by atoms with Crippen LogP contribution in [0.3, 0.4) is 0 Å². The Morgan fingerprint density at radius 1 is 1.35 bits per heavy atom. The van der Waals surface area contributed by atoms with Crippen LogP contribution in [0, 0.1) is 29.7 Å². The van der Waals surface area contributed by atoms with Crippen molar-refractivity contribution >= 4 is 28.4 Å². The number of hydrogen-bond donors (Lipinski definition) is 2. The smallest absolute Gasteiger partial charge is 0.291 e. The fourth-order valence-electron chi connectivity index (χ4n) is 3.95. The molecule has 34 heavy (non-hydrogen) atoms. The Kier molecular flexibility index (Phi) is 6.70. The summed E-state index contributed by atoms with van der Waals surface area (Å²) in [7, 11) is 0. The molecule has 1 saturated heterocycles. The Morgan fingerprint density at radius 2 is 2.12 bits per heavy atom. The van der Waals surface area contributed by atoms with E-state index in [1.54, 1.807) is 21.6 Å². The van der Waals surface area contributed by atoms with Crippen molar-refractivity contribution < 1.29 is 9.14 Å². The number of rotatable bonds is 6. The van der Waals surface area contributed by atoms with Gasteiger partial charge in [0, 0.05) is 30.8 Å². The number of nitrogens with two attached hydrogens (primary N) is 1. The maximum absolute atomic E-state index is 9.58. The van der Waals surface area contributed by atoms with Gasteiger partial charge in [-0.15, -0.1) is 14.6 Å². The Morgan fingerprint density at radius 3 is 2.74 bits per heavy atom. The lowest BCUT2D eigenvalue weighted by molar-refractivity contribution is -0.525. The second kappa shape index (κ2) is 9.85. The van der Waals surface area contributed by atoms with Crippen LogP contribution in [0.2, 0.25) is 0 Å².